The number of ether oxygens (including phenoxy) is 5. The first-order valence-electron chi connectivity index (χ1n) is 22.2. The fourth-order valence-corrected chi connectivity index (χ4v) is 5.70. The fraction of sp³-hybridized carbons (Fsp3) is 0.478. The molecule has 0 heterocycles. The molecule has 73 heavy (non-hydrogen) atoms. The van der Waals surface area contributed by atoms with E-state index in [1.54, 1.807) is 24.3 Å². The van der Waals surface area contributed by atoms with E-state index in [4.69, 9.17) is 62.6 Å². The molecule has 0 aromatic heterocycles. The number of aliphatic hydroxyl groups is 5. The second kappa shape index (κ2) is 38.0. The molecule has 0 spiro atoms. The van der Waals surface area contributed by atoms with Gasteiger partial charge in [0.1, 0.15) is 6.61 Å². The lowest BCUT2D eigenvalue weighted by Crippen LogP contribution is -2.42. The predicted octanol–water partition coefficient (Wildman–Crippen LogP) is 1.84. The van der Waals surface area contributed by atoms with E-state index < -0.39 is 84.0 Å². The van der Waals surface area contributed by atoms with Crippen LogP contribution in [-0.4, -0.2) is 167 Å². The maximum Gasteiger partial charge on any atom is 0.332 e. The Morgan fingerprint density at radius 1 is 0.712 bits per heavy atom. The number of rotatable bonds is 32. The Morgan fingerprint density at radius 2 is 1.25 bits per heavy atom. The van der Waals surface area contributed by atoms with E-state index in [9.17, 15) is 56.6 Å². The molecule has 0 saturated heterocycles. The summed E-state index contributed by atoms with van der Waals surface area (Å²) in [6, 6.07) is 15.3. The lowest BCUT2D eigenvalue weighted by atomic mass is 9.99. The van der Waals surface area contributed by atoms with Gasteiger partial charge >= 0.3 is 11.9 Å². The zero-order valence-corrected chi connectivity index (χ0v) is 40.3. The number of nitrogens with zero attached hydrogens (tertiary/aromatic N) is 2. The quantitative estimate of drug-likeness (QED) is 0.00491. The number of hydrogen-bond donors (Lipinski definition) is 10. The van der Waals surface area contributed by atoms with Crippen molar-refractivity contribution in [3.8, 4) is 5.75 Å². The molecule has 0 fully saturated rings. The van der Waals surface area contributed by atoms with Crippen LogP contribution in [0.4, 0.5) is 22.0 Å². The Balaban J connectivity index is 0.000000636. The molecule has 21 nitrogen and oxygen atoms in total. The summed E-state index contributed by atoms with van der Waals surface area (Å²) < 4.78 is 91.1. The average Bonchev–Trinajstić information content (AvgIpc) is 3.38. The number of aliphatic hydroxyl groups excluding tert-OH is 5. The van der Waals surface area contributed by atoms with Gasteiger partial charge in [0.15, 0.2) is 6.10 Å². The van der Waals surface area contributed by atoms with Crippen LogP contribution in [0.2, 0.25) is 5.02 Å². The van der Waals surface area contributed by atoms with Crippen LogP contribution in [0.5, 0.6) is 5.75 Å². The topological polar surface area (TPSA) is 327 Å². The predicted molar refractivity (Wildman–Crippen MR) is 248 cm³/mol. The highest BCUT2D eigenvalue weighted by Crippen LogP contribution is 2.29. The third-order valence-corrected chi connectivity index (χ3v) is 9.65. The average molecular weight is 1070 g/mol. The van der Waals surface area contributed by atoms with Crippen molar-refractivity contribution in [3.63, 3.8) is 0 Å². The minimum absolute atomic E-state index is 0.0732. The Morgan fingerprint density at radius 3 is 1.75 bits per heavy atom. The molecule has 12 N–H and O–H groups in total. The SMILES string of the molecule is N/C(=C\N(N)CCOCCOCCOCCOCCC(=O)Oc1c(F)c(F)c(F)c(F)c1F)CO.O=C(Cc1ccc(Cl)cc1)NCCC(O)CC(CCC(O)C(=O)O)N(O)C(=O)CO.OCc1ccccc1. The number of nitrogens with one attached hydrogen (secondary N) is 1. The van der Waals surface area contributed by atoms with Crippen molar-refractivity contribution in [1.29, 1.82) is 0 Å². The molecule has 2 amide bonds. The summed E-state index contributed by atoms with van der Waals surface area (Å²) in [6.07, 6.45) is -2.08. The Kier molecular flexibility index (Phi) is 34.1. The van der Waals surface area contributed by atoms with E-state index in [1.807, 2.05) is 30.3 Å². The van der Waals surface area contributed by atoms with Crippen LogP contribution in [0, 0.1) is 29.1 Å². The Labute approximate surface area is 422 Å². The van der Waals surface area contributed by atoms with Gasteiger partial charge in [-0.15, -0.1) is 0 Å². The highest BCUT2D eigenvalue weighted by molar-refractivity contribution is 6.30. The molecular weight excluding hydrogens is 1010 g/mol. The lowest BCUT2D eigenvalue weighted by Gasteiger charge is -2.28. The van der Waals surface area contributed by atoms with E-state index >= 15 is 0 Å². The van der Waals surface area contributed by atoms with Crippen molar-refractivity contribution in [3.05, 3.63) is 112 Å². The number of nitrogens with two attached hydrogens (primary N) is 2. The van der Waals surface area contributed by atoms with Gasteiger partial charge in [0, 0.05) is 17.8 Å². The molecule has 410 valence electrons. The normalized spacial score (nSPS) is 12.3. The first-order chi connectivity index (χ1) is 34.7. The second-order valence-corrected chi connectivity index (χ2v) is 15.6. The molecule has 0 bridgehead atoms. The van der Waals surface area contributed by atoms with Crippen molar-refractivity contribution in [2.75, 3.05) is 79.2 Å². The maximum absolute atomic E-state index is 13.5. The van der Waals surface area contributed by atoms with Crippen LogP contribution in [0.1, 0.15) is 43.2 Å². The number of esters is 1. The Bertz CT molecular complexity index is 2080. The Hall–Kier alpha value is -5.62. The van der Waals surface area contributed by atoms with Crippen LogP contribution < -0.4 is 21.6 Å². The molecule has 3 atom stereocenters. The standard InChI is InChI=1S/C20H28F5N3O7.C19H27ClN2O8.C7H8O/c21-15-16(22)18(24)20(19(25)17(15)23)35-14(30)1-3-31-5-7-33-9-10-34-8-6-32-4-2-28(27)11-13(26)12-29;20-13-3-1-12(2-4-13)9-17(26)21-8-7-15(24)10-14(22(30)18(27)11-23)5-6-16(25)19(28)29;8-6-7-4-2-1-3-5-7/h11,29H,1-10,12,26-27H2;1-4,14-16,23-25,30H,5-11H2,(H,21,26)(H,28,29);1-5,8H,6H2/b13-11-;;. The summed E-state index contributed by atoms with van der Waals surface area (Å²) in [5.41, 5.74) is 7.38. The number of benzene rings is 3. The molecule has 3 aromatic rings. The van der Waals surface area contributed by atoms with Crippen LogP contribution in [0.25, 0.3) is 0 Å². The summed E-state index contributed by atoms with van der Waals surface area (Å²) in [5, 5.41) is 69.1. The summed E-state index contributed by atoms with van der Waals surface area (Å²) >= 11 is 5.79. The lowest BCUT2D eigenvalue weighted by molar-refractivity contribution is -0.182. The third-order valence-electron chi connectivity index (χ3n) is 9.40. The molecule has 0 aliphatic carbocycles. The fourth-order valence-electron chi connectivity index (χ4n) is 5.58. The van der Waals surface area contributed by atoms with Gasteiger partial charge in [0.2, 0.25) is 40.7 Å². The first kappa shape index (κ1) is 65.4. The largest absolute Gasteiger partial charge is 0.479 e. The molecular formula is C46H63ClF5N5O16. The van der Waals surface area contributed by atoms with E-state index in [1.165, 1.54) is 11.2 Å². The number of hydrogen-bond acceptors (Lipinski definition) is 18. The molecule has 0 saturated carbocycles. The molecule has 27 heteroatoms. The number of carboxylic acids is 1. The van der Waals surface area contributed by atoms with Crippen LogP contribution >= 0.6 is 11.6 Å². The summed E-state index contributed by atoms with van der Waals surface area (Å²) in [7, 11) is 0. The van der Waals surface area contributed by atoms with E-state index in [0.29, 0.717) is 31.4 Å². The van der Waals surface area contributed by atoms with Gasteiger partial charge in [-0.05, 0) is 48.9 Å². The number of carbonyl (C=O) groups is 4. The molecule has 3 aromatic carbocycles. The van der Waals surface area contributed by atoms with Gasteiger partial charge in [-0.25, -0.2) is 28.9 Å². The number of amides is 2. The van der Waals surface area contributed by atoms with Gasteiger partial charge in [0.05, 0.1) is 103 Å². The number of halogens is 6. The molecule has 0 aliphatic heterocycles. The van der Waals surface area contributed by atoms with Gasteiger partial charge in [0.25, 0.3) is 5.91 Å². The maximum atomic E-state index is 13.5. The van der Waals surface area contributed by atoms with Crippen LogP contribution in [-0.2, 0) is 51.2 Å². The van der Waals surface area contributed by atoms with Crippen molar-refractivity contribution in [2.45, 2.75) is 63.4 Å². The van der Waals surface area contributed by atoms with Crippen LogP contribution in [0.3, 0.4) is 0 Å². The first-order valence-corrected chi connectivity index (χ1v) is 22.6. The van der Waals surface area contributed by atoms with Crippen molar-refractivity contribution >= 4 is 35.4 Å². The van der Waals surface area contributed by atoms with Crippen LogP contribution in [0.15, 0.2) is 66.5 Å². The number of carbonyl (C=O) groups excluding carboxylic acids is 3. The molecule has 3 unspecified atom stereocenters. The van der Waals surface area contributed by atoms with E-state index in [-0.39, 0.29) is 102 Å². The van der Waals surface area contributed by atoms with Crippen molar-refractivity contribution in [1.82, 2.24) is 15.4 Å². The smallest absolute Gasteiger partial charge is 0.332 e. The zero-order valence-electron chi connectivity index (χ0n) is 39.6. The molecule has 0 aliphatic rings. The highest BCUT2D eigenvalue weighted by Gasteiger charge is 2.29. The number of hydrazine groups is 1. The monoisotopic (exact) mass is 1070 g/mol. The van der Waals surface area contributed by atoms with E-state index in [2.05, 4.69) is 10.1 Å². The summed E-state index contributed by atoms with van der Waals surface area (Å²) in [4.78, 5) is 45.7. The van der Waals surface area contributed by atoms with Gasteiger partial charge in [-0.1, -0.05) is 54.1 Å². The third kappa shape index (κ3) is 28.4. The van der Waals surface area contributed by atoms with Gasteiger partial charge < -0.3 is 70.4 Å². The summed E-state index contributed by atoms with van der Waals surface area (Å²) in [5.74, 6) is -11.3. The molecule has 3 rings (SSSR count). The minimum atomic E-state index is -2.35. The van der Waals surface area contributed by atoms with Crippen molar-refractivity contribution in [2.24, 2.45) is 11.6 Å². The van der Waals surface area contributed by atoms with Crippen molar-refractivity contribution < 1.29 is 101 Å². The van der Waals surface area contributed by atoms with E-state index in [0.717, 1.165) is 11.1 Å². The second-order valence-electron chi connectivity index (χ2n) is 15.1. The van der Waals surface area contributed by atoms with Gasteiger partial charge in [-0.2, -0.15) is 8.78 Å². The minimum Gasteiger partial charge on any atom is -0.479 e. The molecule has 0 radical (unpaired) electrons. The number of carboxylic acid groups (broad SMARTS) is 1. The highest BCUT2D eigenvalue weighted by atomic mass is 35.5. The van der Waals surface area contributed by atoms with Gasteiger partial charge in [-0.3, -0.25) is 19.6 Å². The summed E-state index contributed by atoms with van der Waals surface area (Å²) in [6.45, 7) is 0.925. The number of aliphatic carboxylic acids is 1. The zero-order chi connectivity index (χ0) is 54.7. The number of hydroxylamine groups is 2.